The zero-order valence-corrected chi connectivity index (χ0v) is 12.9. The first-order chi connectivity index (χ1) is 9.61. The van der Waals surface area contributed by atoms with Crippen LogP contribution in [-0.2, 0) is 4.79 Å². The summed E-state index contributed by atoms with van der Waals surface area (Å²) in [6, 6.07) is 7.42. The third-order valence-electron chi connectivity index (χ3n) is 2.83. The molecule has 0 atom stereocenters. The van der Waals surface area contributed by atoms with Gasteiger partial charge in [-0.1, -0.05) is 29.4 Å². The Labute approximate surface area is 126 Å². The average Bonchev–Trinajstić information content (AvgIpc) is 2.92. The molecule has 0 radical (unpaired) electrons. The van der Waals surface area contributed by atoms with Gasteiger partial charge < -0.3 is 4.90 Å². The number of hydrogen-bond donors (Lipinski definition) is 0. The number of benzene rings is 1. The average molecular weight is 311 g/mol. The van der Waals surface area contributed by atoms with Gasteiger partial charge >= 0.3 is 0 Å². The number of thioether (sulfide) groups is 1. The van der Waals surface area contributed by atoms with E-state index in [1.165, 1.54) is 11.8 Å². The first kappa shape index (κ1) is 14.9. The number of halogens is 1. The van der Waals surface area contributed by atoms with E-state index in [1.54, 1.807) is 18.3 Å². The van der Waals surface area contributed by atoms with Crippen molar-refractivity contribution in [3.05, 3.63) is 35.6 Å². The lowest BCUT2D eigenvalue weighted by Gasteiger charge is -2.13. The van der Waals surface area contributed by atoms with Crippen LogP contribution in [-0.4, -0.2) is 44.9 Å². The summed E-state index contributed by atoms with van der Waals surface area (Å²) < 4.78 is 1.82. The van der Waals surface area contributed by atoms with Gasteiger partial charge in [0.05, 0.1) is 11.4 Å². The predicted molar refractivity (Wildman–Crippen MR) is 80.4 cm³/mol. The third kappa shape index (κ3) is 3.52. The van der Waals surface area contributed by atoms with Crippen molar-refractivity contribution in [2.75, 3.05) is 19.3 Å². The Bertz CT molecular complexity index is 602. The Morgan fingerprint density at radius 2 is 2.30 bits per heavy atom. The van der Waals surface area contributed by atoms with Gasteiger partial charge in [-0.05, 0) is 25.1 Å². The molecule has 2 aromatic rings. The van der Waals surface area contributed by atoms with Crippen molar-refractivity contribution < 1.29 is 4.79 Å². The van der Waals surface area contributed by atoms with Crippen LogP contribution in [0, 0.1) is 0 Å². The molecule has 0 unspecified atom stereocenters. The van der Waals surface area contributed by atoms with Gasteiger partial charge in [0.15, 0.2) is 5.16 Å². The Morgan fingerprint density at radius 1 is 1.50 bits per heavy atom. The van der Waals surface area contributed by atoms with Crippen LogP contribution in [0.5, 0.6) is 0 Å². The Kier molecular flexibility index (Phi) is 5.03. The molecule has 0 fully saturated rings. The summed E-state index contributed by atoms with van der Waals surface area (Å²) in [6.45, 7) is 2.64. The van der Waals surface area contributed by atoms with Crippen LogP contribution in [0.2, 0.25) is 5.02 Å². The molecule has 0 saturated carbocycles. The van der Waals surface area contributed by atoms with Gasteiger partial charge in [-0.25, -0.2) is 0 Å². The summed E-state index contributed by atoms with van der Waals surface area (Å²) in [5.74, 6) is 0.405. The molecule has 1 aromatic carbocycles. The molecule has 0 saturated heterocycles. The van der Waals surface area contributed by atoms with Crippen LogP contribution in [0.1, 0.15) is 6.92 Å². The highest BCUT2D eigenvalue weighted by Gasteiger charge is 2.12. The number of nitrogens with zero attached hydrogens (tertiary/aromatic N) is 4. The number of amides is 1. The molecule has 7 heteroatoms. The second-order valence-corrected chi connectivity index (χ2v) is 5.54. The Morgan fingerprint density at radius 3 is 3.00 bits per heavy atom. The van der Waals surface area contributed by atoms with E-state index in [1.807, 2.05) is 35.8 Å². The van der Waals surface area contributed by atoms with Gasteiger partial charge in [0, 0.05) is 18.6 Å². The minimum Gasteiger partial charge on any atom is -0.345 e. The maximum atomic E-state index is 11.8. The van der Waals surface area contributed by atoms with E-state index in [-0.39, 0.29) is 5.91 Å². The maximum absolute atomic E-state index is 11.8. The van der Waals surface area contributed by atoms with E-state index in [0.717, 1.165) is 5.69 Å². The molecular formula is C13H15ClN4OS. The second-order valence-electron chi connectivity index (χ2n) is 4.16. The summed E-state index contributed by atoms with van der Waals surface area (Å²) in [5.41, 5.74) is 0.876. The van der Waals surface area contributed by atoms with Gasteiger partial charge in [0.2, 0.25) is 5.91 Å². The summed E-state index contributed by atoms with van der Waals surface area (Å²) >= 11 is 7.34. The fourth-order valence-electron chi connectivity index (χ4n) is 1.54. The van der Waals surface area contributed by atoms with Crippen LogP contribution >= 0.6 is 23.4 Å². The molecule has 5 nitrogen and oxygen atoms in total. The number of carbonyl (C=O) groups excluding carboxylic acids is 1. The first-order valence-electron chi connectivity index (χ1n) is 6.14. The van der Waals surface area contributed by atoms with Gasteiger partial charge in [-0.3, -0.25) is 9.36 Å². The van der Waals surface area contributed by atoms with E-state index in [9.17, 15) is 4.79 Å². The van der Waals surface area contributed by atoms with Crippen molar-refractivity contribution >= 4 is 29.3 Å². The van der Waals surface area contributed by atoms with Crippen molar-refractivity contribution in [3.8, 4) is 5.69 Å². The van der Waals surface area contributed by atoms with Crippen LogP contribution < -0.4 is 0 Å². The van der Waals surface area contributed by atoms with Crippen LogP contribution in [0.4, 0.5) is 0 Å². The van der Waals surface area contributed by atoms with Crippen LogP contribution in [0.25, 0.3) is 5.69 Å². The van der Waals surface area contributed by atoms with Crippen molar-refractivity contribution in [1.29, 1.82) is 0 Å². The zero-order chi connectivity index (χ0) is 14.5. The van der Waals surface area contributed by atoms with Crippen molar-refractivity contribution in [2.24, 2.45) is 0 Å². The molecule has 0 aliphatic heterocycles. The molecule has 0 N–H and O–H groups in total. The van der Waals surface area contributed by atoms with E-state index in [4.69, 9.17) is 11.6 Å². The van der Waals surface area contributed by atoms with Gasteiger partial charge in [0.25, 0.3) is 0 Å². The topological polar surface area (TPSA) is 51.0 Å². The molecule has 1 amide bonds. The fourth-order valence-corrected chi connectivity index (χ4v) is 2.59. The van der Waals surface area contributed by atoms with E-state index < -0.39 is 0 Å². The van der Waals surface area contributed by atoms with Gasteiger partial charge in [-0.2, -0.15) is 0 Å². The lowest BCUT2D eigenvalue weighted by atomic mass is 10.3. The number of hydrogen-bond acceptors (Lipinski definition) is 4. The summed E-state index contributed by atoms with van der Waals surface area (Å²) in [4.78, 5) is 13.5. The minimum atomic E-state index is 0.0677. The van der Waals surface area contributed by atoms with Gasteiger partial charge in [0.1, 0.15) is 6.33 Å². The molecule has 1 heterocycles. The zero-order valence-electron chi connectivity index (χ0n) is 11.3. The molecular weight excluding hydrogens is 296 g/mol. The highest BCUT2D eigenvalue weighted by molar-refractivity contribution is 7.99. The fraction of sp³-hybridized carbons (Fsp3) is 0.308. The molecule has 1 aromatic heterocycles. The molecule has 106 valence electrons. The second kappa shape index (κ2) is 6.76. The van der Waals surface area contributed by atoms with E-state index in [2.05, 4.69) is 10.2 Å². The van der Waals surface area contributed by atoms with Gasteiger partial charge in [-0.15, -0.1) is 10.2 Å². The summed E-state index contributed by atoms with van der Waals surface area (Å²) in [6.07, 6.45) is 1.61. The number of aromatic nitrogens is 3. The van der Waals surface area contributed by atoms with Crippen LogP contribution in [0.15, 0.2) is 35.7 Å². The third-order valence-corrected chi connectivity index (χ3v) is 3.99. The Hall–Kier alpha value is -1.53. The van der Waals surface area contributed by atoms with Crippen LogP contribution in [0.3, 0.4) is 0 Å². The van der Waals surface area contributed by atoms with Crippen molar-refractivity contribution in [2.45, 2.75) is 12.1 Å². The quantitative estimate of drug-likeness (QED) is 0.796. The number of carbonyl (C=O) groups is 1. The monoisotopic (exact) mass is 310 g/mol. The lowest BCUT2D eigenvalue weighted by molar-refractivity contribution is -0.126. The standard InChI is InChI=1S/C13H15ClN4OS/c1-3-17(2)12(19)8-20-13-16-15-9-18(13)11-6-4-5-10(14)7-11/h4-7,9H,3,8H2,1-2H3. The highest BCUT2D eigenvalue weighted by atomic mass is 35.5. The van der Waals surface area contributed by atoms with E-state index in [0.29, 0.717) is 22.5 Å². The number of rotatable bonds is 5. The largest absolute Gasteiger partial charge is 0.345 e. The predicted octanol–water partition coefficient (Wildman–Crippen LogP) is 2.49. The highest BCUT2D eigenvalue weighted by Crippen LogP contribution is 2.21. The molecule has 2 rings (SSSR count). The molecule has 20 heavy (non-hydrogen) atoms. The molecule has 0 aliphatic rings. The Balaban J connectivity index is 2.11. The lowest BCUT2D eigenvalue weighted by Crippen LogP contribution is -2.27. The molecule has 0 spiro atoms. The minimum absolute atomic E-state index is 0.0677. The maximum Gasteiger partial charge on any atom is 0.232 e. The normalized spacial score (nSPS) is 10.6. The van der Waals surface area contributed by atoms with Crippen molar-refractivity contribution in [3.63, 3.8) is 0 Å². The van der Waals surface area contributed by atoms with E-state index >= 15 is 0 Å². The molecule has 0 bridgehead atoms. The van der Waals surface area contributed by atoms with Crippen molar-refractivity contribution in [1.82, 2.24) is 19.7 Å². The smallest absolute Gasteiger partial charge is 0.232 e. The summed E-state index contributed by atoms with van der Waals surface area (Å²) in [5, 5.41) is 9.26. The SMILES string of the molecule is CCN(C)C(=O)CSc1nncn1-c1cccc(Cl)c1. The molecule has 0 aliphatic carbocycles. The first-order valence-corrected chi connectivity index (χ1v) is 7.51. The summed E-state index contributed by atoms with van der Waals surface area (Å²) in [7, 11) is 1.78.